The summed E-state index contributed by atoms with van der Waals surface area (Å²) in [6, 6.07) is 25.1. The molecule has 4 aromatic rings. The first-order valence-corrected chi connectivity index (χ1v) is 12.3. The van der Waals surface area contributed by atoms with Crippen molar-refractivity contribution in [3.05, 3.63) is 104 Å². The van der Waals surface area contributed by atoms with E-state index in [0.29, 0.717) is 24.5 Å². The van der Waals surface area contributed by atoms with Gasteiger partial charge in [-0.25, -0.2) is 5.43 Å². The van der Waals surface area contributed by atoms with Gasteiger partial charge in [-0.3, -0.25) is 4.79 Å². The van der Waals surface area contributed by atoms with Crippen LogP contribution >= 0.6 is 31.9 Å². The van der Waals surface area contributed by atoms with E-state index in [1.54, 1.807) is 30.5 Å². The summed E-state index contributed by atoms with van der Waals surface area (Å²) >= 11 is 7.16. The molecule has 0 radical (unpaired) electrons. The minimum Gasteiger partial charge on any atom is -0.494 e. The van der Waals surface area contributed by atoms with Gasteiger partial charge >= 0.3 is 0 Å². The van der Waals surface area contributed by atoms with Crippen molar-refractivity contribution < 1.29 is 14.3 Å². The highest BCUT2D eigenvalue weighted by molar-refractivity contribution is 9.11. The normalized spacial score (nSPS) is 11.0. The maximum atomic E-state index is 12.3. The average molecular weight is 582 g/mol. The van der Waals surface area contributed by atoms with Gasteiger partial charge in [0.25, 0.3) is 5.91 Å². The molecule has 0 aliphatic carbocycles. The molecule has 4 aromatic carbocycles. The summed E-state index contributed by atoms with van der Waals surface area (Å²) in [5.41, 5.74) is 4.95. The number of hydrogen-bond donors (Lipinski definition) is 1. The molecular weight excluding hydrogens is 560 g/mol. The highest BCUT2D eigenvalue weighted by Crippen LogP contribution is 2.35. The molecule has 0 bridgehead atoms. The molecule has 1 amide bonds. The molecule has 5 nitrogen and oxygen atoms in total. The zero-order chi connectivity index (χ0) is 23.9. The van der Waals surface area contributed by atoms with Gasteiger partial charge in [-0.05, 0) is 97.1 Å². The number of rotatable bonds is 8. The lowest BCUT2D eigenvalue weighted by Crippen LogP contribution is -2.17. The minimum absolute atomic E-state index is 0.299. The quantitative estimate of drug-likeness (QED) is 0.178. The maximum Gasteiger partial charge on any atom is 0.271 e. The largest absolute Gasteiger partial charge is 0.494 e. The van der Waals surface area contributed by atoms with Crippen LogP contribution in [0.3, 0.4) is 0 Å². The molecule has 0 saturated heterocycles. The molecule has 0 spiro atoms. The topological polar surface area (TPSA) is 59.9 Å². The van der Waals surface area contributed by atoms with Gasteiger partial charge in [-0.15, -0.1) is 0 Å². The van der Waals surface area contributed by atoms with Crippen LogP contribution in [0.15, 0.2) is 92.9 Å². The Morgan fingerprint density at radius 1 is 0.941 bits per heavy atom. The molecule has 0 aliphatic heterocycles. The van der Waals surface area contributed by atoms with E-state index in [2.05, 4.69) is 66.7 Å². The molecule has 0 unspecified atom stereocenters. The van der Waals surface area contributed by atoms with E-state index in [9.17, 15) is 4.79 Å². The van der Waals surface area contributed by atoms with Crippen molar-refractivity contribution in [2.75, 3.05) is 6.61 Å². The second kappa shape index (κ2) is 11.3. The molecule has 172 valence electrons. The summed E-state index contributed by atoms with van der Waals surface area (Å²) in [5.74, 6) is 1.12. The standard InChI is InChI=1S/C27H22Br2N2O3/c1-2-33-22-12-10-20(11-13-22)27(32)31-30-16-18-14-24(28)26(25(29)15-18)34-17-21-8-5-7-19-6-3-4-9-23(19)21/h3-16H,2,17H2,1H3,(H,31,32)/b30-16+. The first kappa shape index (κ1) is 24.0. The number of nitrogens with one attached hydrogen (secondary N) is 1. The molecule has 0 atom stereocenters. The predicted molar refractivity (Wildman–Crippen MR) is 143 cm³/mol. The van der Waals surface area contributed by atoms with Crippen molar-refractivity contribution in [2.45, 2.75) is 13.5 Å². The van der Waals surface area contributed by atoms with Crippen LogP contribution < -0.4 is 14.9 Å². The van der Waals surface area contributed by atoms with Crippen molar-refractivity contribution in [2.24, 2.45) is 5.10 Å². The van der Waals surface area contributed by atoms with Gasteiger partial charge in [0, 0.05) is 5.56 Å². The summed E-state index contributed by atoms with van der Waals surface area (Å²) < 4.78 is 13.1. The predicted octanol–water partition coefficient (Wildman–Crippen LogP) is 7.11. The van der Waals surface area contributed by atoms with E-state index in [-0.39, 0.29) is 5.91 Å². The Morgan fingerprint density at radius 2 is 1.65 bits per heavy atom. The fraction of sp³-hybridized carbons (Fsp3) is 0.111. The van der Waals surface area contributed by atoms with E-state index in [1.807, 2.05) is 37.3 Å². The third-order valence-electron chi connectivity index (χ3n) is 5.08. The molecule has 0 fully saturated rings. The number of carbonyl (C=O) groups excluding carboxylic acids is 1. The van der Waals surface area contributed by atoms with Gasteiger partial charge < -0.3 is 9.47 Å². The first-order chi connectivity index (χ1) is 16.5. The Kier molecular flexibility index (Phi) is 7.98. The highest BCUT2D eigenvalue weighted by atomic mass is 79.9. The lowest BCUT2D eigenvalue weighted by Gasteiger charge is -2.13. The molecule has 4 rings (SSSR count). The number of hydrazone groups is 1. The average Bonchev–Trinajstić information content (AvgIpc) is 2.84. The Hall–Kier alpha value is -3.16. The van der Waals surface area contributed by atoms with E-state index in [4.69, 9.17) is 9.47 Å². The summed E-state index contributed by atoms with van der Waals surface area (Å²) in [4.78, 5) is 12.3. The number of amides is 1. The van der Waals surface area contributed by atoms with Crippen LogP contribution in [0.1, 0.15) is 28.4 Å². The van der Waals surface area contributed by atoms with Gasteiger partial charge in [0.1, 0.15) is 18.1 Å². The zero-order valence-corrected chi connectivity index (χ0v) is 21.6. The molecule has 0 aromatic heterocycles. The Morgan fingerprint density at radius 3 is 2.38 bits per heavy atom. The molecule has 0 saturated carbocycles. The molecule has 0 aliphatic rings. The Labute approximate surface area is 215 Å². The molecule has 34 heavy (non-hydrogen) atoms. The Balaban J connectivity index is 1.40. The van der Waals surface area contributed by atoms with Gasteiger partial charge in [0.2, 0.25) is 0 Å². The van der Waals surface area contributed by atoms with Crippen LogP contribution in [-0.4, -0.2) is 18.7 Å². The van der Waals surface area contributed by atoms with E-state index >= 15 is 0 Å². The van der Waals surface area contributed by atoms with Crippen molar-refractivity contribution in [3.8, 4) is 11.5 Å². The fourth-order valence-electron chi connectivity index (χ4n) is 3.46. The van der Waals surface area contributed by atoms with Crippen LogP contribution in [0.5, 0.6) is 11.5 Å². The lowest BCUT2D eigenvalue weighted by molar-refractivity contribution is 0.0955. The molecular formula is C27H22Br2N2O3. The van der Waals surface area contributed by atoms with E-state index < -0.39 is 0 Å². The van der Waals surface area contributed by atoms with Crippen LogP contribution in [0.25, 0.3) is 10.8 Å². The second-order valence-electron chi connectivity index (χ2n) is 7.40. The van der Waals surface area contributed by atoms with Gasteiger partial charge in [0.15, 0.2) is 0 Å². The summed E-state index contributed by atoms with van der Waals surface area (Å²) in [5, 5.41) is 6.43. The zero-order valence-electron chi connectivity index (χ0n) is 18.4. The van der Waals surface area contributed by atoms with Crippen LogP contribution in [0.4, 0.5) is 0 Å². The van der Waals surface area contributed by atoms with Crippen LogP contribution in [-0.2, 0) is 6.61 Å². The molecule has 1 N–H and O–H groups in total. The third kappa shape index (κ3) is 5.85. The highest BCUT2D eigenvalue weighted by Gasteiger charge is 2.10. The number of nitrogens with zero attached hydrogens (tertiary/aromatic N) is 1. The molecule has 0 heterocycles. The van der Waals surface area contributed by atoms with Gasteiger partial charge in [0.05, 0.1) is 21.8 Å². The number of halogens is 2. The lowest BCUT2D eigenvalue weighted by atomic mass is 10.1. The number of hydrogen-bond acceptors (Lipinski definition) is 4. The number of fused-ring (bicyclic) bond motifs is 1. The fourth-order valence-corrected chi connectivity index (χ4v) is 4.91. The summed E-state index contributed by atoms with van der Waals surface area (Å²) in [6.45, 7) is 2.92. The van der Waals surface area contributed by atoms with E-state index in [1.165, 1.54) is 10.8 Å². The number of benzene rings is 4. The van der Waals surface area contributed by atoms with Gasteiger partial charge in [-0.2, -0.15) is 5.10 Å². The van der Waals surface area contributed by atoms with E-state index in [0.717, 1.165) is 25.8 Å². The van der Waals surface area contributed by atoms with Crippen LogP contribution in [0.2, 0.25) is 0 Å². The van der Waals surface area contributed by atoms with Crippen molar-refractivity contribution in [3.63, 3.8) is 0 Å². The SMILES string of the molecule is CCOc1ccc(C(=O)N/N=C/c2cc(Br)c(OCc3cccc4ccccc34)c(Br)c2)cc1. The van der Waals surface area contributed by atoms with Crippen molar-refractivity contribution in [1.82, 2.24) is 5.43 Å². The monoisotopic (exact) mass is 580 g/mol. The smallest absolute Gasteiger partial charge is 0.271 e. The van der Waals surface area contributed by atoms with Gasteiger partial charge in [-0.1, -0.05) is 42.5 Å². The number of carbonyl (C=O) groups is 1. The van der Waals surface area contributed by atoms with Crippen molar-refractivity contribution in [1.29, 1.82) is 0 Å². The van der Waals surface area contributed by atoms with Crippen molar-refractivity contribution >= 4 is 54.8 Å². The molecule has 7 heteroatoms. The first-order valence-electron chi connectivity index (χ1n) is 10.7. The third-order valence-corrected chi connectivity index (χ3v) is 6.26. The summed E-state index contributed by atoms with van der Waals surface area (Å²) in [6.07, 6.45) is 1.58. The Bertz CT molecular complexity index is 1310. The number of ether oxygens (including phenoxy) is 2. The minimum atomic E-state index is -0.299. The maximum absolute atomic E-state index is 12.3. The second-order valence-corrected chi connectivity index (χ2v) is 9.11. The summed E-state index contributed by atoms with van der Waals surface area (Å²) in [7, 11) is 0. The van der Waals surface area contributed by atoms with Crippen LogP contribution in [0, 0.1) is 0 Å².